The molecule has 0 fully saturated rings. The van der Waals surface area contributed by atoms with Gasteiger partial charge in [-0.1, -0.05) is 24.8 Å². The van der Waals surface area contributed by atoms with Crippen molar-refractivity contribution >= 4 is 44.9 Å². The molecule has 2 heterocycles. The molecule has 4 nitrogen and oxygen atoms in total. The third kappa shape index (κ3) is 3.86. The average Bonchev–Trinajstić information content (AvgIpc) is 2.96. The Hall–Kier alpha value is -1.99. The molecule has 3 rings (SSSR count). The lowest BCUT2D eigenvalue weighted by Crippen LogP contribution is -2.14. The summed E-state index contributed by atoms with van der Waals surface area (Å²) in [5.74, 6) is -0.364. The van der Waals surface area contributed by atoms with Gasteiger partial charge in [0.25, 0.3) is 0 Å². The molecule has 2 aromatic heterocycles. The van der Waals surface area contributed by atoms with Gasteiger partial charge in [0.15, 0.2) is 0 Å². The Morgan fingerprint density at radius 2 is 2.22 bits per heavy atom. The second-order valence-electron chi connectivity index (χ2n) is 4.81. The minimum atomic E-state index is -0.377. The summed E-state index contributed by atoms with van der Waals surface area (Å²) < 4.78 is 13.1. The van der Waals surface area contributed by atoms with E-state index in [1.807, 2.05) is 0 Å². The van der Waals surface area contributed by atoms with Crippen LogP contribution in [0.3, 0.4) is 0 Å². The van der Waals surface area contributed by atoms with Crippen molar-refractivity contribution < 1.29 is 9.18 Å². The zero-order valence-corrected chi connectivity index (χ0v) is 14.0. The Bertz CT molecular complexity index is 850. The highest BCUT2D eigenvalue weighted by Crippen LogP contribution is 2.30. The third-order valence-corrected chi connectivity index (χ3v) is 5.33. The minimum Gasteiger partial charge on any atom is -0.325 e. The molecular weight excluding hydrogens is 333 g/mol. The summed E-state index contributed by atoms with van der Waals surface area (Å²) in [4.78, 5) is 22.7. The van der Waals surface area contributed by atoms with Crippen molar-refractivity contribution in [3.63, 3.8) is 0 Å². The second kappa shape index (κ2) is 7.06. The number of nitrogens with zero attached hydrogens (tertiary/aromatic N) is 2. The van der Waals surface area contributed by atoms with Gasteiger partial charge in [-0.05, 0) is 30.7 Å². The fourth-order valence-corrected chi connectivity index (χ4v) is 3.84. The van der Waals surface area contributed by atoms with Gasteiger partial charge >= 0.3 is 0 Å². The molecule has 0 bridgehead atoms. The summed E-state index contributed by atoms with van der Waals surface area (Å²) in [6, 6.07) is 7.92. The average molecular weight is 347 g/mol. The van der Waals surface area contributed by atoms with Crippen molar-refractivity contribution in [2.75, 3.05) is 11.1 Å². The van der Waals surface area contributed by atoms with Gasteiger partial charge in [0.1, 0.15) is 22.0 Å². The molecule has 23 heavy (non-hydrogen) atoms. The quantitative estimate of drug-likeness (QED) is 0.557. The van der Waals surface area contributed by atoms with Gasteiger partial charge < -0.3 is 5.32 Å². The predicted octanol–water partition coefficient (Wildman–Crippen LogP) is 4.12. The van der Waals surface area contributed by atoms with E-state index in [1.165, 1.54) is 35.1 Å². The summed E-state index contributed by atoms with van der Waals surface area (Å²) in [5.41, 5.74) is 0.451. The normalized spacial score (nSPS) is 10.9. The molecule has 3 aromatic rings. The van der Waals surface area contributed by atoms with Crippen molar-refractivity contribution in [1.29, 1.82) is 0 Å². The van der Waals surface area contributed by atoms with E-state index in [2.05, 4.69) is 28.3 Å². The summed E-state index contributed by atoms with van der Waals surface area (Å²) in [6.45, 7) is 2.09. The number of carbonyl (C=O) groups excluding carboxylic acids is 1. The molecule has 1 aromatic carbocycles. The number of hydrogen-bond acceptors (Lipinski definition) is 5. The molecule has 0 saturated carbocycles. The number of benzene rings is 1. The Balaban J connectivity index is 1.68. The molecule has 0 radical (unpaired) electrons. The molecule has 118 valence electrons. The van der Waals surface area contributed by atoms with E-state index in [-0.39, 0.29) is 17.5 Å². The maximum atomic E-state index is 13.1. The highest BCUT2D eigenvalue weighted by atomic mass is 32.2. The maximum absolute atomic E-state index is 13.1. The van der Waals surface area contributed by atoms with Crippen LogP contribution in [0.15, 0.2) is 41.7 Å². The Labute approximate surface area is 141 Å². The fourth-order valence-electron chi connectivity index (χ4n) is 2.07. The van der Waals surface area contributed by atoms with Crippen molar-refractivity contribution in [3.05, 3.63) is 47.4 Å². The summed E-state index contributed by atoms with van der Waals surface area (Å²) in [7, 11) is 0. The number of thioether (sulfide) groups is 1. The van der Waals surface area contributed by atoms with Crippen LogP contribution in [-0.4, -0.2) is 21.6 Å². The first-order chi connectivity index (χ1) is 11.2. The molecule has 0 spiro atoms. The van der Waals surface area contributed by atoms with Gasteiger partial charge in [-0.3, -0.25) is 4.79 Å². The molecule has 0 aliphatic rings. The van der Waals surface area contributed by atoms with Crippen molar-refractivity contribution in [2.24, 2.45) is 0 Å². The van der Waals surface area contributed by atoms with Crippen LogP contribution >= 0.6 is 23.1 Å². The summed E-state index contributed by atoms with van der Waals surface area (Å²) in [6.07, 6.45) is 2.47. The molecular formula is C16H14FN3OS2. The van der Waals surface area contributed by atoms with Crippen LogP contribution in [0.4, 0.5) is 10.1 Å². The number of carbonyl (C=O) groups is 1. The highest BCUT2D eigenvalue weighted by molar-refractivity contribution is 8.00. The number of thiophene rings is 1. The number of anilines is 1. The van der Waals surface area contributed by atoms with Crippen LogP contribution in [0.5, 0.6) is 0 Å². The summed E-state index contributed by atoms with van der Waals surface area (Å²) in [5, 5.41) is 4.45. The van der Waals surface area contributed by atoms with Crippen molar-refractivity contribution in [2.45, 2.75) is 18.4 Å². The lowest BCUT2D eigenvalue weighted by molar-refractivity contribution is -0.113. The van der Waals surface area contributed by atoms with E-state index in [1.54, 1.807) is 23.5 Å². The standard InChI is InChI=1S/C16H14FN3OS2/c1-2-12-7-13-15(18-9-19-16(13)23-12)22-8-14(21)20-11-5-3-4-10(17)6-11/h3-7,9H,2,8H2,1H3,(H,20,21). The lowest BCUT2D eigenvalue weighted by atomic mass is 10.3. The van der Waals surface area contributed by atoms with Gasteiger partial charge in [0.2, 0.25) is 5.91 Å². The number of fused-ring (bicyclic) bond motifs is 1. The van der Waals surface area contributed by atoms with Gasteiger partial charge in [-0.2, -0.15) is 0 Å². The van der Waals surface area contributed by atoms with Crippen LogP contribution < -0.4 is 5.32 Å². The number of halogens is 1. The zero-order valence-electron chi connectivity index (χ0n) is 12.4. The van der Waals surface area contributed by atoms with Crippen LogP contribution in [0.25, 0.3) is 10.2 Å². The molecule has 0 saturated heterocycles. The Morgan fingerprint density at radius 3 is 3.00 bits per heavy atom. The first kappa shape index (κ1) is 15.9. The molecule has 1 amide bonds. The van der Waals surface area contributed by atoms with Gasteiger partial charge in [0, 0.05) is 16.0 Å². The monoisotopic (exact) mass is 347 g/mol. The number of nitrogens with one attached hydrogen (secondary N) is 1. The zero-order chi connectivity index (χ0) is 16.2. The van der Waals surface area contributed by atoms with Crippen LogP contribution in [-0.2, 0) is 11.2 Å². The van der Waals surface area contributed by atoms with Crippen molar-refractivity contribution in [1.82, 2.24) is 9.97 Å². The number of aryl methyl sites for hydroxylation is 1. The smallest absolute Gasteiger partial charge is 0.234 e. The Kier molecular flexibility index (Phi) is 4.88. The van der Waals surface area contributed by atoms with E-state index in [0.29, 0.717) is 5.69 Å². The van der Waals surface area contributed by atoms with E-state index >= 15 is 0 Å². The second-order valence-corrected chi connectivity index (χ2v) is 6.89. The maximum Gasteiger partial charge on any atom is 0.234 e. The number of aromatic nitrogens is 2. The number of amides is 1. The Morgan fingerprint density at radius 1 is 1.35 bits per heavy atom. The van der Waals surface area contributed by atoms with Gasteiger partial charge in [-0.25, -0.2) is 14.4 Å². The minimum absolute atomic E-state index is 0.196. The van der Waals surface area contributed by atoms with Crippen molar-refractivity contribution in [3.8, 4) is 0 Å². The van der Waals surface area contributed by atoms with Crippen LogP contribution in [0.1, 0.15) is 11.8 Å². The SMILES string of the molecule is CCc1cc2c(SCC(=O)Nc3cccc(F)c3)ncnc2s1. The first-order valence-corrected chi connectivity index (χ1v) is 8.87. The van der Waals surface area contributed by atoms with E-state index < -0.39 is 0 Å². The first-order valence-electron chi connectivity index (χ1n) is 7.07. The molecule has 1 N–H and O–H groups in total. The molecule has 0 unspecified atom stereocenters. The van der Waals surface area contributed by atoms with E-state index in [4.69, 9.17) is 0 Å². The molecule has 0 aliphatic heterocycles. The number of hydrogen-bond donors (Lipinski definition) is 1. The molecule has 0 aliphatic carbocycles. The largest absolute Gasteiger partial charge is 0.325 e. The highest BCUT2D eigenvalue weighted by Gasteiger charge is 2.11. The fraction of sp³-hybridized carbons (Fsp3) is 0.188. The van der Waals surface area contributed by atoms with Crippen LogP contribution in [0.2, 0.25) is 0 Å². The van der Waals surface area contributed by atoms with Gasteiger partial charge in [-0.15, -0.1) is 11.3 Å². The summed E-state index contributed by atoms with van der Waals surface area (Å²) >= 11 is 3.00. The lowest BCUT2D eigenvalue weighted by Gasteiger charge is -2.05. The predicted molar refractivity (Wildman–Crippen MR) is 92.5 cm³/mol. The molecule has 7 heteroatoms. The van der Waals surface area contributed by atoms with E-state index in [0.717, 1.165) is 21.7 Å². The third-order valence-electron chi connectivity index (χ3n) is 3.14. The molecule has 0 atom stereocenters. The van der Waals surface area contributed by atoms with E-state index in [9.17, 15) is 9.18 Å². The van der Waals surface area contributed by atoms with Crippen LogP contribution in [0, 0.1) is 5.82 Å². The van der Waals surface area contributed by atoms with Gasteiger partial charge in [0.05, 0.1) is 5.75 Å². The number of rotatable bonds is 5. The topological polar surface area (TPSA) is 54.9 Å².